The van der Waals surface area contributed by atoms with E-state index in [0.717, 1.165) is 20.9 Å². The molecular formula is C11H8BrClN2S. The maximum Gasteiger partial charge on any atom is 0.172 e. The average Bonchev–Trinajstić information content (AvgIpc) is 3.01. The number of halogens is 2. The second-order valence-corrected chi connectivity index (χ2v) is 5.97. The molecular weight excluding hydrogens is 308 g/mol. The number of hydrogen-bond donors (Lipinski definition) is 0. The third-order valence-corrected chi connectivity index (χ3v) is 4.56. The molecule has 1 saturated carbocycles. The Morgan fingerprint density at radius 2 is 2.19 bits per heavy atom. The number of nitrogens with zero attached hydrogens (tertiary/aromatic N) is 2. The molecule has 2 aromatic heterocycles. The van der Waals surface area contributed by atoms with Crippen molar-refractivity contribution in [1.29, 1.82) is 0 Å². The van der Waals surface area contributed by atoms with Crippen LogP contribution in [0.3, 0.4) is 0 Å². The molecule has 3 rings (SSSR count). The van der Waals surface area contributed by atoms with Crippen LogP contribution in [0.5, 0.6) is 0 Å². The van der Waals surface area contributed by atoms with Gasteiger partial charge in [-0.3, -0.25) is 0 Å². The number of thiophene rings is 1. The monoisotopic (exact) mass is 314 g/mol. The highest BCUT2D eigenvalue weighted by molar-refractivity contribution is 9.10. The molecule has 0 spiro atoms. The first kappa shape index (κ1) is 10.7. The van der Waals surface area contributed by atoms with Crippen LogP contribution in [-0.4, -0.2) is 9.97 Å². The van der Waals surface area contributed by atoms with Gasteiger partial charge in [0.2, 0.25) is 0 Å². The summed E-state index contributed by atoms with van der Waals surface area (Å²) in [4.78, 5) is 9.91. The molecule has 1 aliphatic rings. The van der Waals surface area contributed by atoms with Gasteiger partial charge in [-0.2, -0.15) is 0 Å². The fraction of sp³-hybridized carbons (Fsp3) is 0.273. The van der Waals surface area contributed by atoms with Crippen LogP contribution in [0, 0.1) is 0 Å². The summed E-state index contributed by atoms with van der Waals surface area (Å²) in [6, 6.07) is 3.88. The van der Waals surface area contributed by atoms with Crippen molar-refractivity contribution in [2.24, 2.45) is 0 Å². The number of hydrogen-bond acceptors (Lipinski definition) is 3. The molecule has 0 unspecified atom stereocenters. The molecule has 82 valence electrons. The highest BCUT2D eigenvalue weighted by Crippen LogP contribution is 2.41. The van der Waals surface area contributed by atoms with Crippen molar-refractivity contribution in [3.05, 3.63) is 32.8 Å². The van der Waals surface area contributed by atoms with Gasteiger partial charge in [0.15, 0.2) is 5.82 Å². The zero-order valence-corrected chi connectivity index (χ0v) is 11.4. The van der Waals surface area contributed by atoms with Crippen molar-refractivity contribution >= 4 is 38.9 Å². The Bertz CT molecular complexity index is 537. The Morgan fingerprint density at radius 1 is 1.38 bits per heavy atom. The molecule has 0 amide bonds. The smallest absolute Gasteiger partial charge is 0.172 e. The molecule has 1 fully saturated rings. The Labute approximate surface area is 111 Å². The van der Waals surface area contributed by atoms with Gasteiger partial charge in [0.05, 0.1) is 4.88 Å². The van der Waals surface area contributed by atoms with Gasteiger partial charge in [0.25, 0.3) is 0 Å². The summed E-state index contributed by atoms with van der Waals surface area (Å²) < 4.78 is 1.03. The Kier molecular flexibility index (Phi) is 2.73. The van der Waals surface area contributed by atoms with Crippen LogP contribution in [0.25, 0.3) is 10.7 Å². The van der Waals surface area contributed by atoms with Crippen LogP contribution < -0.4 is 0 Å². The average molecular weight is 316 g/mol. The van der Waals surface area contributed by atoms with E-state index in [4.69, 9.17) is 11.6 Å². The van der Waals surface area contributed by atoms with Crippen molar-refractivity contribution in [2.75, 3.05) is 0 Å². The lowest BCUT2D eigenvalue weighted by Gasteiger charge is -2.02. The summed E-state index contributed by atoms with van der Waals surface area (Å²) >= 11 is 11.1. The number of rotatable bonds is 2. The Morgan fingerprint density at radius 3 is 2.81 bits per heavy atom. The summed E-state index contributed by atoms with van der Waals surface area (Å²) in [5, 5.41) is 2.55. The van der Waals surface area contributed by atoms with Gasteiger partial charge < -0.3 is 0 Å². The largest absolute Gasteiger partial charge is 0.232 e. The first-order valence-electron chi connectivity index (χ1n) is 5.02. The summed E-state index contributed by atoms with van der Waals surface area (Å²) in [5.74, 6) is 1.33. The second-order valence-electron chi connectivity index (χ2n) is 3.81. The topological polar surface area (TPSA) is 25.8 Å². The van der Waals surface area contributed by atoms with Crippen molar-refractivity contribution < 1.29 is 0 Å². The molecule has 0 saturated heterocycles. The molecule has 0 aliphatic heterocycles. The lowest BCUT2D eigenvalue weighted by molar-refractivity contribution is 0.996. The van der Waals surface area contributed by atoms with E-state index < -0.39 is 0 Å². The van der Waals surface area contributed by atoms with Crippen LogP contribution >= 0.6 is 38.9 Å². The van der Waals surface area contributed by atoms with Gasteiger partial charge in [-0.1, -0.05) is 11.6 Å². The Balaban J connectivity index is 2.10. The minimum absolute atomic E-state index is 0.534. The molecule has 0 N–H and O–H groups in total. The predicted molar refractivity (Wildman–Crippen MR) is 70.0 cm³/mol. The lowest BCUT2D eigenvalue weighted by Crippen LogP contribution is -1.93. The Hall–Kier alpha value is -0.450. The summed E-state index contributed by atoms with van der Waals surface area (Å²) in [6.45, 7) is 0. The van der Waals surface area contributed by atoms with E-state index in [9.17, 15) is 0 Å². The fourth-order valence-electron chi connectivity index (χ4n) is 1.58. The first-order chi connectivity index (χ1) is 7.74. The van der Waals surface area contributed by atoms with Crippen molar-refractivity contribution in [3.8, 4) is 10.7 Å². The minimum atomic E-state index is 0.534. The second kappa shape index (κ2) is 4.09. The van der Waals surface area contributed by atoms with Crippen LogP contribution in [-0.2, 0) is 0 Å². The van der Waals surface area contributed by atoms with Crippen LogP contribution in [0.4, 0.5) is 0 Å². The zero-order chi connectivity index (χ0) is 11.1. The summed E-state index contributed by atoms with van der Waals surface area (Å²) in [5.41, 5.74) is 1.08. The van der Waals surface area contributed by atoms with Gasteiger partial charge in [0.1, 0.15) is 5.15 Å². The van der Waals surface area contributed by atoms with E-state index >= 15 is 0 Å². The standard InChI is InChI=1S/C11H8BrClN2S/c12-7-3-4-16-10(7)11-14-8(6-1-2-6)5-9(13)15-11/h3-6H,1-2H2. The van der Waals surface area contributed by atoms with E-state index in [1.807, 2.05) is 17.5 Å². The van der Waals surface area contributed by atoms with E-state index in [2.05, 4.69) is 25.9 Å². The quantitative estimate of drug-likeness (QED) is 0.763. The third kappa shape index (κ3) is 2.01. The highest BCUT2D eigenvalue weighted by atomic mass is 79.9. The molecule has 0 aromatic carbocycles. The predicted octanol–water partition coefficient (Wildman–Crippen LogP) is 4.50. The molecule has 2 nitrogen and oxygen atoms in total. The SMILES string of the molecule is Clc1cc(C2CC2)nc(-c2sccc2Br)n1. The lowest BCUT2D eigenvalue weighted by atomic mass is 10.3. The third-order valence-electron chi connectivity index (χ3n) is 2.53. The van der Waals surface area contributed by atoms with Gasteiger partial charge in [-0.15, -0.1) is 11.3 Å². The number of aromatic nitrogens is 2. The van der Waals surface area contributed by atoms with E-state index in [-0.39, 0.29) is 0 Å². The molecule has 16 heavy (non-hydrogen) atoms. The maximum atomic E-state index is 6.03. The van der Waals surface area contributed by atoms with Gasteiger partial charge in [-0.05, 0) is 46.3 Å². The molecule has 5 heteroatoms. The van der Waals surface area contributed by atoms with Gasteiger partial charge >= 0.3 is 0 Å². The molecule has 2 heterocycles. The molecule has 2 aromatic rings. The van der Waals surface area contributed by atoms with E-state index in [0.29, 0.717) is 11.1 Å². The van der Waals surface area contributed by atoms with Crippen molar-refractivity contribution in [1.82, 2.24) is 9.97 Å². The maximum absolute atomic E-state index is 6.03. The summed E-state index contributed by atoms with van der Waals surface area (Å²) in [7, 11) is 0. The summed E-state index contributed by atoms with van der Waals surface area (Å²) in [6.07, 6.45) is 2.44. The fourth-order valence-corrected chi connectivity index (χ4v) is 3.25. The van der Waals surface area contributed by atoms with Gasteiger partial charge in [-0.25, -0.2) is 9.97 Å². The van der Waals surface area contributed by atoms with E-state index in [1.165, 1.54) is 12.8 Å². The van der Waals surface area contributed by atoms with E-state index in [1.54, 1.807) is 11.3 Å². The van der Waals surface area contributed by atoms with Gasteiger partial charge in [0, 0.05) is 16.1 Å². The zero-order valence-electron chi connectivity index (χ0n) is 8.28. The molecule has 0 radical (unpaired) electrons. The van der Waals surface area contributed by atoms with Crippen molar-refractivity contribution in [2.45, 2.75) is 18.8 Å². The van der Waals surface area contributed by atoms with Crippen molar-refractivity contribution in [3.63, 3.8) is 0 Å². The van der Waals surface area contributed by atoms with Crippen LogP contribution in [0.15, 0.2) is 22.0 Å². The molecule has 0 atom stereocenters. The normalized spacial score (nSPS) is 15.4. The van der Waals surface area contributed by atoms with Crippen LogP contribution in [0.2, 0.25) is 5.15 Å². The van der Waals surface area contributed by atoms with Crippen LogP contribution in [0.1, 0.15) is 24.5 Å². The highest BCUT2D eigenvalue weighted by Gasteiger charge is 2.26. The molecule has 0 bridgehead atoms. The molecule has 1 aliphatic carbocycles. The minimum Gasteiger partial charge on any atom is -0.232 e. The first-order valence-corrected chi connectivity index (χ1v) is 7.07.